The molecular formula is C14H10N2. The highest BCUT2D eigenvalue weighted by molar-refractivity contribution is 5.80. The second-order valence-corrected chi connectivity index (χ2v) is 3.66. The van der Waals surface area contributed by atoms with Gasteiger partial charge in [-0.1, -0.05) is 42.5 Å². The Labute approximate surface area is 94.2 Å². The van der Waals surface area contributed by atoms with E-state index in [4.69, 9.17) is 7.05 Å². The van der Waals surface area contributed by atoms with Crippen LogP contribution in [0, 0.1) is 7.05 Å². The van der Waals surface area contributed by atoms with Gasteiger partial charge in [0, 0.05) is 5.56 Å². The van der Waals surface area contributed by atoms with Crippen LogP contribution in [-0.2, 0) is 0 Å². The second-order valence-electron chi connectivity index (χ2n) is 3.66. The standard InChI is InChI=1S/C14H10N2/c1-16-13-10-6-5-9-12(13)15-14(16)11-7-3-2-4-8-11/h1-10H. The molecule has 0 fully saturated rings. The van der Waals surface area contributed by atoms with E-state index in [2.05, 4.69) is 4.98 Å². The summed E-state index contributed by atoms with van der Waals surface area (Å²) in [6, 6.07) is 17.8. The van der Waals surface area contributed by atoms with Crippen LogP contribution in [0.1, 0.15) is 0 Å². The van der Waals surface area contributed by atoms with Crippen LogP contribution in [0.2, 0.25) is 0 Å². The molecule has 0 saturated carbocycles. The molecule has 0 amide bonds. The molecule has 2 aromatic carbocycles. The summed E-state index contributed by atoms with van der Waals surface area (Å²) >= 11 is 0. The quantitative estimate of drug-likeness (QED) is 0.597. The molecule has 3 aromatic rings. The zero-order chi connectivity index (χ0) is 11.0. The summed E-state index contributed by atoms with van der Waals surface area (Å²) in [4.78, 5) is 4.52. The van der Waals surface area contributed by atoms with Gasteiger partial charge in [-0.05, 0) is 12.1 Å². The largest absolute Gasteiger partial charge is 0.316 e. The monoisotopic (exact) mass is 206 g/mol. The van der Waals surface area contributed by atoms with Gasteiger partial charge < -0.3 is 4.57 Å². The van der Waals surface area contributed by atoms with Gasteiger partial charge in [0.1, 0.15) is 5.82 Å². The normalized spacial score (nSPS) is 10.8. The Kier molecular flexibility index (Phi) is 2.00. The zero-order valence-corrected chi connectivity index (χ0v) is 8.67. The fourth-order valence-corrected chi connectivity index (χ4v) is 1.84. The van der Waals surface area contributed by atoms with E-state index in [1.54, 1.807) is 4.57 Å². The topological polar surface area (TPSA) is 17.8 Å². The summed E-state index contributed by atoms with van der Waals surface area (Å²) in [5.74, 6) is 0.793. The van der Waals surface area contributed by atoms with Crippen LogP contribution in [0.4, 0.5) is 0 Å². The van der Waals surface area contributed by atoms with Crippen molar-refractivity contribution < 1.29 is 0 Å². The summed E-state index contributed by atoms with van der Waals surface area (Å²) in [6.07, 6.45) is 0. The lowest BCUT2D eigenvalue weighted by Crippen LogP contribution is -1.89. The predicted octanol–water partition coefficient (Wildman–Crippen LogP) is 3.22. The molecule has 0 spiro atoms. The lowest BCUT2D eigenvalue weighted by atomic mass is 10.2. The van der Waals surface area contributed by atoms with Crippen molar-refractivity contribution >= 4 is 11.0 Å². The van der Waals surface area contributed by atoms with Crippen molar-refractivity contribution in [1.29, 1.82) is 0 Å². The average Bonchev–Trinajstić information content (AvgIpc) is 2.69. The van der Waals surface area contributed by atoms with E-state index in [9.17, 15) is 0 Å². The summed E-state index contributed by atoms with van der Waals surface area (Å²) in [5, 5.41) is 0. The number of para-hydroxylation sites is 2. The molecule has 16 heavy (non-hydrogen) atoms. The van der Waals surface area contributed by atoms with Gasteiger partial charge in [0.15, 0.2) is 0 Å². The first kappa shape index (κ1) is 9.16. The minimum Gasteiger partial charge on any atom is -0.316 e. The number of imidazole rings is 1. The van der Waals surface area contributed by atoms with Crippen molar-refractivity contribution in [2.45, 2.75) is 0 Å². The van der Waals surface area contributed by atoms with E-state index < -0.39 is 0 Å². The van der Waals surface area contributed by atoms with Gasteiger partial charge in [-0.3, -0.25) is 0 Å². The van der Waals surface area contributed by atoms with E-state index in [-0.39, 0.29) is 0 Å². The number of fused-ring (bicyclic) bond motifs is 1. The Bertz CT molecular complexity index is 624. The molecule has 2 radical (unpaired) electrons. The number of rotatable bonds is 1. The van der Waals surface area contributed by atoms with Gasteiger partial charge in [-0.25, -0.2) is 4.98 Å². The Morgan fingerprint density at radius 1 is 0.875 bits per heavy atom. The molecule has 1 heterocycles. The summed E-state index contributed by atoms with van der Waals surface area (Å²) in [5.41, 5.74) is 2.89. The third-order valence-corrected chi connectivity index (χ3v) is 2.63. The number of hydrogen-bond donors (Lipinski definition) is 0. The van der Waals surface area contributed by atoms with E-state index in [1.165, 1.54) is 0 Å². The van der Waals surface area contributed by atoms with E-state index in [1.807, 2.05) is 54.6 Å². The van der Waals surface area contributed by atoms with E-state index in [0.717, 1.165) is 22.4 Å². The maximum absolute atomic E-state index is 6.03. The Morgan fingerprint density at radius 3 is 2.31 bits per heavy atom. The number of aromatic nitrogens is 2. The molecule has 0 N–H and O–H groups in total. The molecule has 0 aliphatic carbocycles. The highest BCUT2D eigenvalue weighted by Crippen LogP contribution is 2.23. The van der Waals surface area contributed by atoms with Crippen LogP contribution in [-0.4, -0.2) is 9.55 Å². The summed E-state index contributed by atoms with van der Waals surface area (Å²) < 4.78 is 1.63. The Morgan fingerprint density at radius 2 is 1.56 bits per heavy atom. The lowest BCUT2D eigenvalue weighted by Gasteiger charge is -2.00. The molecule has 0 aliphatic heterocycles. The molecule has 2 nitrogen and oxygen atoms in total. The van der Waals surface area contributed by atoms with Crippen LogP contribution in [0.5, 0.6) is 0 Å². The van der Waals surface area contributed by atoms with Gasteiger partial charge in [0.2, 0.25) is 0 Å². The molecule has 0 aliphatic rings. The van der Waals surface area contributed by atoms with E-state index in [0.29, 0.717) is 0 Å². The molecule has 76 valence electrons. The minimum absolute atomic E-state index is 0.793. The van der Waals surface area contributed by atoms with Crippen LogP contribution < -0.4 is 0 Å². The van der Waals surface area contributed by atoms with Crippen molar-refractivity contribution in [2.75, 3.05) is 0 Å². The molecule has 0 bridgehead atoms. The fraction of sp³-hybridized carbons (Fsp3) is 0. The van der Waals surface area contributed by atoms with Crippen molar-refractivity contribution in [3.05, 3.63) is 61.6 Å². The zero-order valence-electron chi connectivity index (χ0n) is 8.67. The van der Waals surface area contributed by atoms with E-state index >= 15 is 0 Å². The van der Waals surface area contributed by atoms with Gasteiger partial charge >= 0.3 is 0 Å². The first-order chi connectivity index (χ1) is 7.86. The van der Waals surface area contributed by atoms with Gasteiger partial charge in [-0.2, -0.15) is 0 Å². The molecule has 3 rings (SSSR count). The molecule has 0 unspecified atom stereocenters. The van der Waals surface area contributed by atoms with Crippen LogP contribution in [0.25, 0.3) is 22.4 Å². The van der Waals surface area contributed by atoms with Crippen molar-refractivity contribution in [2.24, 2.45) is 0 Å². The SMILES string of the molecule is [CH]n1c(-c2ccccc2)nc2ccccc21. The maximum atomic E-state index is 6.03. The average molecular weight is 206 g/mol. The van der Waals surface area contributed by atoms with Gasteiger partial charge in [-0.15, -0.1) is 0 Å². The lowest BCUT2D eigenvalue weighted by molar-refractivity contribution is 1.11. The van der Waals surface area contributed by atoms with Crippen LogP contribution in [0.3, 0.4) is 0 Å². The smallest absolute Gasteiger partial charge is 0.141 e. The fourth-order valence-electron chi connectivity index (χ4n) is 1.84. The van der Waals surface area contributed by atoms with Crippen LogP contribution >= 0.6 is 0 Å². The molecule has 1 aromatic heterocycles. The maximum Gasteiger partial charge on any atom is 0.141 e. The first-order valence-corrected chi connectivity index (χ1v) is 5.14. The minimum atomic E-state index is 0.793. The van der Waals surface area contributed by atoms with Gasteiger partial charge in [0.05, 0.1) is 18.1 Å². The van der Waals surface area contributed by atoms with Crippen molar-refractivity contribution in [3.63, 3.8) is 0 Å². The highest BCUT2D eigenvalue weighted by Gasteiger charge is 2.08. The Hall–Kier alpha value is -2.09. The summed E-state index contributed by atoms with van der Waals surface area (Å²) in [6.45, 7) is 0. The third-order valence-electron chi connectivity index (χ3n) is 2.63. The van der Waals surface area contributed by atoms with Crippen molar-refractivity contribution in [3.8, 4) is 11.4 Å². The summed E-state index contributed by atoms with van der Waals surface area (Å²) in [7, 11) is 6.03. The first-order valence-electron chi connectivity index (χ1n) is 5.14. The Balaban J connectivity index is 2.29. The molecule has 0 saturated heterocycles. The van der Waals surface area contributed by atoms with Crippen LogP contribution in [0.15, 0.2) is 54.6 Å². The molecule has 2 heteroatoms. The molecule has 0 atom stereocenters. The van der Waals surface area contributed by atoms with Gasteiger partial charge in [0.25, 0.3) is 0 Å². The second kappa shape index (κ2) is 3.49. The number of benzene rings is 2. The third kappa shape index (κ3) is 1.31. The predicted molar refractivity (Wildman–Crippen MR) is 64.9 cm³/mol. The van der Waals surface area contributed by atoms with Crippen molar-refractivity contribution in [1.82, 2.24) is 9.55 Å². The number of hydrogen-bond acceptors (Lipinski definition) is 1. The molecular weight excluding hydrogens is 196 g/mol. The highest BCUT2D eigenvalue weighted by atomic mass is 15.1. The number of nitrogens with zero attached hydrogens (tertiary/aromatic N) is 2.